The van der Waals surface area contributed by atoms with Crippen molar-refractivity contribution >= 4 is 11.8 Å². The van der Waals surface area contributed by atoms with Crippen LogP contribution in [0.15, 0.2) is 48.5 Å². The molecule has 2 aromatic carbocycles. The molecular weight excluding hydrogens is 340 g/mol. The number of ether oxygens (including phenoxy) is 1. The van der Waals surface area contributed by atoms with Gasteiger partial charge in [0.2, 0.25) is 5.91 Å². The fourth-order valence-corrected chi connectivity index (χ4v) is 3.84. The van der Waals surface area contributed by atoms with E-state index in [9.17, 15) is 9.59 Å². The van der Waals surface area contributed by atoms with Crippen LogP contribution in [0.3, 0.4) is 0 Å². The van der Waals surface area contributed by atoms with Gasteiger partial charge in [0, 0.05) is 24.6 Å². The lowest BCUT2D eigenvalue weighted by atomic mass is 9.82. The Bertz CT molecular complexity index is 862. The van der Waals surface area contributed by atoms with E-state index < -0.39 is 5.54 Å². The summed E-state index contributed by atoms with van der Waals surface area (Å²) in [6.07, 6.45) is 0.497. The fourth-order valence-electron chi connectivity index (χ4n) is 3.84. The zero-order valence-electron chi connectivity index (χ0n) is 16.3. The zero-order chi connectivity index (χ0) is 19.6. The van der Waals surface area contributed by atoms with Crippen LogP contribution < -0.4 is 10.1 Å². The predicted molar refractivity (Wildman–Crippen MR) is 105 cm³/mol. The number of hydrogen-bond donors (Lipinski definition) is 1. The minimum absolute atomic E-state index is 0.0848. The van der Waals surface area contributed by atoms with Crippen LogP contribution >= 0.6 is 0 Å². The highest BCUT2D eigenvalue weighted by molar-refractivity contribution is 6.02. The van der Waals surface area contributed by atoms with E-state index in [1.165, 1.54) is 0 Å². The first-order valence-electron chi connectivity index (χ1n) is 9.19. The Balaban J connectivity index is 1.85. The summed E-state index contributed by atoms with van der Waals surface area (Å²) in [7, 11) is 1.62. The summed E-state index contributed by atoms with van der Waals surface area (Å²) in [5, 5.41) is 3.01. The van der Waals surface area contributed by atoms with Gasteiger partial charge in [-0.15, -0.1) is 0 Å². The number of hydrogen-bond acceptors (Lipinski definition) is 3. The summed E-state index contributed by atoms with van der Waals surface area (Å²) in [5.74, 6) is 0.506. The van der Waals surface area contributed by atoms with Gasteiger partial charge in [-0.2, -0.15) is 0 Å². The maximum absolute atomic E-state index is 13.2. The number of carbonyl (C=O) groups excluding carboxylic acids is 2. The zero-order valence-corrected chi connectivity index (χ0v) is 16.3. The molecule has 1 aliphatic heterocycles. The molecule has 0 fully saturated rings. The third kappa shape index (κ3) is 3.54. The lowest BCUT2D eigenvalue weighted by Crippen LogP contribution is -2.64. The van der Waals surface area contributed by atoms with Gasteiger partial charge in [-0.25, -0.2) is 0 Å². The highest BCUT2D eigenvalue weighted by Crippen LogP contribution is 2.33. The summed E-state index contributed by atoms with van der Waals surface area (Å²) in [6.45, 7) is 6.12. The monoisotopic (exact) mass is 366 g/mol. The van der Waals surface area contributed by atoms with Gasteiger partial charge in [0.05, 0.1) is 7.11 Å². The van der Waals surface area contributed by atoms with E-state index in [0.717, 1.165) is 16.9 Å². The first-order valence-corrected chi connectivity index (χ1v) is 9.19. The van der Waals surface area contributed by atoms with Crippen LogP contribution in [0.2, 0.25) is 0 Å². The van der Waals surface area contributed by atoms with E-state index in [2.05, 4.69) is 5.32 Å². The quantitative estimate of drug-likeness (QED) is 0.884. The Labute approximate surface area is 160 Å². The fraction of sp³-hybridized carbons (Fsp3) is 0.364. The molecule has 1 aliphatic rings. The number of carbonyl (C=O) groups is 2. The number of nitrogens with one attached hydrogen (secondary N) is 1. The van der Waals surface area contributed by atoms with Crippen LogP contribution in [-0.4, -0.2) is 35.4 Å². The molecule has 142 valence electrons. The topological polar surface area (TPSA) is 58.6 Å². The molecule has 0 bridgehead atoms. The molecule has 5 heteroatoms. The number of rotatable bonds is 5. The molecule has 0 saturated carbocycles. The number of benzene rings is 2. The van der Waals surface area contributed by atoms with Crippen molar-refractivity contribution in [2.45, 2.75) is 45.3 Å². The van der Waals surface area contributed by atoms with Gasteiger partial charge in [0.25, 0.3) is 5.91 Å². The van der Waals surface area contributed by atoms with Gasteiger partial charge in [-0.3, -0.25) is 9.59 Å². The summed E-state index contributed by atoms with van der Waals surface area (Å²) in [5.41, 5.74) is 1.62. The minimum Gasteiger partial charge on any atom is -0.497 e. The van der Waals surface area contributed by atoms with Crippen LogP contribution in [0.4, 0.5) is 0 Å². The first kappa shape index (κ1) is 19.0. The minimum atomic E-state index is -0.932. The predicted octanol–water partition coefficient (Wildman–Crippen LogP) is 3.18. The van der Waals surface area contributed by atoms with Gasteiger partial charge in [-0.05, 0) is 50.1 Å². The third-order valence-electron chi connectivity index (χ3n) is 5.13. The van der Waals surface area contributed by atoms with Crippen molar-refractivity contribution in [1.82, 2.24) is 10.2 Å². The molecule has 2 amide bonds. The van der Waals surface area contributed by atoms with E-state index in [1.807, 2.05) is 69.3 Å². The Morgan fingerprint density at radius 2 is 1.96 bits per heavy atom. The van der Waals surface area contributed by atoms with Crippen LogP contribution in [0.1, 0.15) is 42.3 Å². The second-order valence-corrected chi connectivity index (χ2v) is 7.41. The van der Waals surface area contributed by atoms with Crippen LogP contribution in [0, 0.1) is 0 Å². The van der Waals surface area contributed by atoms with Gasteiger partial charge >= 0.3 is 0 Å². The second kappa shape index (κ2) is 7.43. The van der Waals surface area contributed by atoms with E-state index in [1.54, 1.807) is 12.0 Å². The molecule has 3 rings (SSSR count). The number of fused-ring (bicyclic) bond motifs is 1. The standard InChI is InChI=1S/C22H26N2O3/c1-15(2)24-20(25)19-11-6-5-9-17(19)13-22(24,3)21(26)23-14-16-8-7-10-18(12-16)27-4/h5-12,15H,13-14H2,1-4H3,(H,23,26)/t22-/m1/s1. The Morgan fingerprint density at radius 1 is 1.22 bits per heavy atom. The van der Waals surface area contributed by atoms with Crippen LogP contribution in [0.25, 0.3) is 0 Å². The van der Waals surface area contributed by atoms with Gasteiger partial charge in [0.15, 0.2) is 0 Å². The lowest BCUT2D eigenvalue weighted by molar-refractivity contribution is -0.132. The molecule has 0 unspecified atom stereocenters. The Hall–Kier alpha value is -2.82. The van der Waals surface area contributed by atoms with Crippen molar-refractivity contribution in [3.8, 4) is 5.75 Å². The molecule has 1 atom stereocenters. The van der Waals surface area contributed by atoms with Gasteiger partial charge < -0.3 is 15.0 Å². The summed E-state index contributed by atoms with van der Waals surface area (Å²) in [4.78, 5) is 28.0. The highest BCUT2D eigenvalue weighted by atomic mass is 16.5. The average Bonchev–Trinajstić information content (AvgIpc) is 2.66. The van der Waals surface area contributed by atoms with Crippen LogP contribution in [-0.2, 0) is 17.8 Å². The van der Waals surface area contributed by atoms with Crippen LogP contribution in [0.5, 0.6) is 5.75 Å². The summed E-state index contributed by atoms with van der Waals surface area (Å²) >= 11 is 0. The van der Waals surface area contributed by atoms with Crippen molar-refractivity contribution in [3.63, 3.8) is 0 Å². The Kier molecular flexibility index (Phi) is 5.22. The molecule has 0 spiro atoms. The third-order valence-corrected chi connectivity index (χ3v) is 5.13. The number of methoxy groups -OCH3 is 1. The van der Waals surface area contributed by atoms with Gasteiger partial charge in [0.1, 0.15) is 11.3 Å². The first-order chi connectivity index (χ1) is 12.9. The maximum atomic E-state index is 13.2. The smallest absolute Gasteiger partial charge is 0.255 e. The van der Waals surface area contributed by atoms with Crippen molar-refractivity contribution in [2.24, 2.45) is 0 Å². The number of amides is 2. The molecule has 27 heavy (non-hydrogen) atoms. The largest absolute Gasteiger partial charge is 0.497 e. The van der Waals surface area contributed by atoms with Crippen molar-refractivity contribution in [3.05, 3.63) is 65.2 Å². The molecular formula is C22H26N2O3. The summed E-state index contributed by atoms with van der Waals surface area (Å²) in [6, 6.07) is 15.0. The van der Waals surface area contributed by atoms with Gasteiger partial charge in [-0.1, -0.05) is 30.3 Å². The molecule has 5 nitrogen and oxygen atoms in total. The second-order valence-electron chi connectivity index (χ2n) is 7.41. The van der Waals surface area contributed by atoms with E-state index in [0.29, 0.717) is 18.5 Å². The van der Waals surface area contributed by atoms with Crippen molar-refractivity contribution in [1.29, 1.82) is 0 Å². The molecule has 0 aliphatic carbocycles. The molecule has 1 N–H and O–H groups in total. The normalized spacial score (nSPS) is 19.0. The molecule has 0 saturated heterocycles. The Morgan fingerprint density at radius 3 is 2.67 bits per heavy atom. The number of nitrogens with zero attached hydrogens (tertiary/aromatic N) is 1. The average molecular weight is 366 g/mol. The molecule has 1 heterocycles. The maximum Gasteiger partial charge on any atom is 0.255 e. The summed E-state index contributed by atoms with van der Waals surface area (Å²) < 4.78 is 5.23. The van der Waals surface area contributed by atoms with E-state index in [4.69, 9.17) is 4.74 Å². The highest BCUT2D eigenvalue weighted by Gasteiger charge is 2.47. The lowest BCUT2D eigenvalue weighted by Gasteiger charge is -2.46. The SMILES string of the molecule is COc1cccc(CNC(=O)[C@@]2(C)Cc3ccccc3C(=O)N2C(C)C)c1. The van der Waals surface area contributed by atoms with Crippen molar-refractivity contribution in [2.75, 3.05) is 7.11 Å². The van der Waals surface area contributed by atoms with E-state index >= 15 is 0 Å². The van der Waals surface area contributed by atoms with Crippen molar-refractivity contribution < 1.29 is 14.3 Å². The molecule has 2 aromatic rings. The van der Waals surface area contributed by atoms with E-state index in [-0.39, 0.29) is 17.9 Å². The molecule has 0 aromatic heterocycles. The molecule has 0 radical (unpaired) electrons.